The quantitative estimate of drug-likeness (QED) is 0.914. The lowest BCUT2D eigenvalue weighted by atomic mass is 10.2. The van der Waals surface area contributed by atoms with Crippen LogP contribution in [0.15, 0.2) is 42.6 Å². The molecule has 2 aromatic rings. The predicted octanol–water partition coefficient (Wildman–Crippen LogP) is 2.06. The second-order valence-corrected chi connectivity index (χ2v) is 4.73. The number of hydrogen-bond donors (Lipinski definition) is 1. The van der Waals surface area contributed by atoms with E-state index >= 15 is 0 Å². The van der Waals surface area contributed by atoms with Crippen LogP contribution in [0.2, 0.25) is 0 Å². The van der Waals surface area contributed by atoms with E-state index in [0.29, 0.717) is 6.54 Å². The fraction of sp³-hybridized carbons (Fsp3) is 0.188. The lowest BCUT2D eigenvalue weighted by Gasteiger charge is -2.17. The molecule has 0 aliphatic heterocycles. The highest BCUT2D eigenvalue weighted by molar-refractivity contribution is 5.96. The number of carboxylic acids is 1. The van der Waals surface area contributed by atoms with Crippen LogP contribution in [0.4, 0.5) is 0 Å². The van der Waals surface area contributed by atoms with E-state index in [1.807, 2.05) is 30.3 Å². The molecule has 0 saturated carbocycles. The van der Waals surface area contributed by atoms with Crippen molar-refractivity contribution in [2.45, 2.75) is 6.54 Å². The first-order valence-corrected chi connectivity index (χ1v) is 6.59. The fourth-order valence-electron chi connectivity index (χ4n) is 2.03. The summed E-state index contributed by atoms with van der Waals surface area (Å²) in [6.45, 7) is 0.447. The molecule has 1 aromatic heterocycles. The second-order valence-electron chi connectivity index (χ2n) is 4.73. The Morgan fingerprint density at radius 1 is 1.27 bits per heavy atom. The molecule has 0 saturated heterocycles. The van der Waals surface area contributed by atoms with Gasteiger partial charge in [0.1, 0.15) is 0 Å². The van der Waals surface area contributed by atoms with Crippen molar-refractivity contribution in [1.82, 2.24) is 9.88 Å². The first-order valence-electron chi connectivity index (χ1n) is 6.59. The van der Waals surface area contributed by atoms with Gasteiger partial charge in [0.05, 0.1) is 12.7 Å². The highest BCUT2D eigenvalue weighted by atomic mass is 16.5. The molecule has 0 bridgehead atoms. The van der Waals surface area contributed by atoms with Crippen molar-refractivity contribution in [3.8, 4) is 5.75 Å². The molecule has 1 N–H and O–H groups in total. The Labute approximate surface area is 128 Å². The molecule has 0 fully saturated rings. The van der Waals surface area contributed by atoms with Crippen LogP contribution in [-0.4, -0.2) is 41.0 Å². The van der Waals surface area contributed by atoms with Gasteiger partial charge in [-0.1, -0.05) is 30.3 Å². The van der Waals surface area contributed by atoms with Crippen molar-refractivity contribution < 1.29 is 19.4 Å². The highest BCUT2D eigenvalue weighted by Gasteiger charge is 2.18. The van der Waals surface area contributed by atoms with Crippen LogP contribution in [0.5, 0.6) is 5.75 Å². The number of nitrogens with zero attached hydrogens (tertiary/aromatic N) is 2. The van der Waals surface area contributed by atoms with E-state index in [-0.39, 0.29) is 22.9 Å². The third kappa shape index (κ3) is 3.41. The van der Waals surface area contributed by atoms with E-state index in [4.69, 9.17) is 9.84 Å². The molecular weight excluding hydrogens is 284 g/mol. The van der Waals surface area contributed by atoms with Crippen LogP contribution in [0.1, 0.15) is 26.4 Å². The van der Waals surface area contributed by atoms with Gasteiger partial charge in [0.15, 0.2) is 11.4 Å². The molecule has 0 radical (unpaired) electrons. The predicted molar refractivity (Wildman–Crippen MR) is 80.0 cm³/mol. The third-order valence-electron chi connectivity index (χ3n) is 3.13. The van der Waals surface area contributed by atoms with Gasteiger partial charge in [0.25, 0.3) is 5.91 Å². The van der Waals surface area contributed by atoms with Crippen LogP contribution >= 0.6 is 0 Å². The minimum absolute atomic E-state index is 0.0615. The van der Waals surface area contributed by atoms with Crippen LogP contribution < -0.4 is 4.74 Å². The maximum Gasteiger partial charge on any atom is 0.358 e. The van der Waals surface area contributed by atoms with Gasteiger partial charge in [-0.15, -0.1) is 0 Å². The Bertz CT molecular complexity index is 686. The van der Waals surface area contributed by atoms with Crippen LogP contribution in [0.3, 0.4) is 0 Å². The Kier molecular flexibility index (Phi) is 4.73. The van der Waals surface area contributed by atoms with Crippen molar-refractivity contribution in [3.05, 3.63) is 59.4 Å². The topological polar surface area (TPSA) is 79.7 Å². The number of carbonyl (C=O) groups excluding carboxylic acids is 1. The van der Waals surface area contributed by atoms with E-state index in [1.165, 1.54) is 24.3 Å². The van der Waals surface area contributed by atoms with Gasteiger partial charge in [-0.05, 0) is 11.6 Å². The summed E-state index contributed by atoms with van der Waals surface area (Å²) in [5.41, 5.74) is 1.06. The monoisotopic (exact) mass is 300 g/mol. The van der Waals surface area contributed by atoms with E-state index in [9.17, 15) is 9.59 Å². The van der Waals surface area contributed by atoms with Crippen molar-refractivity contribution in [3.63, 3.8) is 0 Å². The molecule has 0 unspecified atom stereocenters. The fourth-order valence-corrected chi connectivity index (χ4v) is 2.03. The molecule has 0 aliphatic rings. The molecule has 114 valence electrons. The number of aromatic carboxylic acids is 1. The summed E-state index contributed by atoms with van der Waals surface area (Å²) >= 11 is 0. The molecule has 0 atom stereocenters. The van der Waals surface area contributed by atoms with Crippen molar-refractivity contribution in [2.24, 2.45) is 0 Å². The smallest absolute Gasteiger partial charge is 0.358 e. The van der Waals surface area contributed by atoms with Crippen molar-refractivity contribution in [1.29, 1.82) is 0 Å². The van der Waals surface area contributed by atoms with Crippen molar-refractivity contribution >= 4 is 11.9 Å². The molecular formula is C16H16N2O4. The molecule has 22 heavy (non-hydrogen) atoms. The number of carbonyl (C=O) groups is 2. The van der Waals surface area contributed by atoms with Gasteiger partial charge in [0.2, 0.25) is 0 Å². The maximum absolute atomic E-state index is 12.4. The lowest BCUT2D eigenvalue weighted by molar-refractivity contribution is 0.0684. The van der Waals surface area contributed by atoms with Crippen LogP contribution in [0, 0.1) is 0 Å². The number of hydrogen-bond acceptors (Lipinski definition) is 4. The zero-order valence-electron chi connectivity index (χ0n) is 12.3. The lowest BCUT2D eigenvalue weighted by Crippen LogP contribution is -2.26. The summed E-state index contributed by atoms with van der Waals surface area (Å²) in [6, 6.07) is 11.0. The summed E-state index contributed by atoms with van der Waals surface area (Å²) < 4.78 is 4.98. The molecule has 1 amide bonds. The molecule has 6 heteroatoms. The van der Waals surface area contributed by atoms with Gasteiger partial charge in [-0.3, -0.25) is 4.79 Å². The number of pyridine rings is 1. The van der Waals surface area contributed by atoms with Crippen LogP contribution in [-0.2, 0) is 6.54 Å². The summed E-state index contributed by atoms with van der Waals surface area (Å²) in [7, 11) is 3.01. The average molecular weight is 300 g/mol. The van der Waals surface area contributed by atoms with Gasteiger partial charge in [0, 0.05) is 19.8 Å². The van der Waals surface area contributed by atoms with E-state index in [0.717, 1.165) is 5.56 Å². The first-order chi connectivity index (χ1) is 10.5. The van der Waals surface area contributed by atoms with E-state index < -0.39 is 5.97 Å². The Hall–Kier alpha value is -2.89. The van der Waals surface area contributed by atoms with Crippen molar-refractivity contribution in [2.75, 3.05) is 14.2 Å². The SMILES string of the molecule is COc1cc(C(=O)N(C)Cc2ccccc2)cnc1C(=O)O. The highest BCUT2D eigenvalue weighted by Crippen LogP contribution is 2.19. The number of methoxy groups -OCH3 is 1. The molecule has 0 spiro atoms. The summed E-state index contributed by atoms with van der Waals surface area (Å²) in [5.74, 6) is -1.40. The Morgan fingerprint density at radius 2 is 1.95 bits per heavy atom. The zero-order valence-corrected chi connectivity index (χ0v) is 12.3. The normalized spacial score (nSPS) is 10.1. The minimum atomic E-state index is -1.20. The summed E-state index contributed by atoms with van der Waals surface area (Å²) in [5, 5.41) is 8.99. The van der Waals surface area contributed by atoms with Gasteiger partial charge in [-0.2, -0.15) is 0 Å². The van der Waals surface area contributed by atoms with Crippen LogP contribution in [0.25, 0.3) is 0 Å². The molecule has 1 heterocycles. The van der Waals surface area contributed by atoms with E-state index in [2.05, 4.69) is 4.98 Å². The number of ether oxygens (including phenoxy) is 1. The largest absolute Gasteiger partial charge is 0.494 e. The number of aromatic nitrogens is 1. The van der Waals surface area contributed by atoms with Gasteiger partial charge in [-0.25, -0.2) is 9.78 Å². The number of carboxylic acid groups (broad SMARTS) is 1. The zero-order chi connectivity index (χ0) is 16.1. The Morgan fingerprint density at radius 3 is 2.55 bits per heavy atom. The third-order valence-corrected chi connectivity index (χ3v) is 3.13. The van der Waals surface area contributed by atoms with E-state index in [1.54, 1.807) is 7.05 Å². The standard InChI is InChI=1S/C16H16N2O4/c1-18(10-11-6-4-3-5-7-11)15(19)12-8-13(22-2)14(16(20)21)17-9-12/h3-9H,10H2,1-2H3,(H,20,21). The number of amides is 1. The Balaban J connectivity index is 2.20. The average Bonchev–Trinajstić information content (AvgIpc) is 2.54. The molecule has 1 aromatic carbocycles. The molecule has 2 rings (SSSR count). The minimum Gasteiger partial charge on any atom is -0.494 e. The van der Waals surface area contributed by atoms with Gasteiger partial charge >= 0.3 is 5.97 Å². The maximum atomic E-state index is 12.4. The molecule has 0 aliphatic carbocycles. The van der Waals surface area contributed by atoms with Gasteiger partial charge < -0.3 is 14.7 Å². The second kappa shape index (κ2) is 6.71. The molecule has 6 nitrogen and oxygen atoms in total. The number of benzene rings is 1. The summed E-state index contributed by atoms with van der Waals surface area (Å²) in [6.07, 6.45) is 1.25. The summed E-state index contributed by atoms with van der Waals surface area (Å²) in [4.78, 5) is 28.7. The number of rotatable bonds is 5. The first kappa shape index (κ1) is 15.5.